The van der Waals surface area contributed by atoms with E-state index >= 15 is 0 Å². The Labute approximate surface area is 202 Å². The Hall–Kier alpha value is -2.88. The van der Waals surface area contributed by atoms with Crippen molar-refractivity contribution in [3.8, 4) is 11.5 Å². The molecule has 0 bridgehead atoms. The molecule has 3 aromatic rings. The SMILES string of the molecule is COc1ccc(CNC(=O)CN(Cc2ccc(Br)cc2)S(=O)(=O)c2ccccc2)cc1OC. The summed E-state index contributed by atoms with van der Waals surface area (Å²) in [5.41, 5.74) is 1.57. The molecule has 0 unspecified atom stereocenters. The van der Waals surface area contributed by atoms with Crippen LogP contribution < -0.4 is 14.8 Å². The van der Waals surface area contributed by atoms with E-state index in [1.165, 1.54) is 23.5 Å². The van der Waals surface area contributed by atoms with Gasteiger partial charge in [0, 0.05) is 17.6 Å². The number of rotatable bonds is 10. The Morgan fingerprint density at radius 2 is 1.55 bits per heavy atom. The number of carbonyl (C=O) groups excluding carboxylic acids is 1. The van der Waals surface area contributed by atoms with Gasteiger partial charge in [-0.25, -0.2) is 8.42 Å². The number of benzene rings is 3. The molecule has 174 valence electrons. The molecule has 0 radical (unpaired) electrons. The number of ether oxygens (including phenoxy) is 2. The zero-order valence-corrected chi connectivity index (χ0v) is 20.7. The third-order valence-corrected chi connectivity index (χ3v) is 7.25. The first kappa shape index (κ1) is 24.8. The van der Waals surface area contributed by atoms with E-state index in [0.29, 0.717) is 11.5 Å². The number of hydrogen-bond acceptors (Lipinski definition) is 5. The lowest BCUT2D eigenvalue weighted by Crippen LogP contribution is -2.40. The van der Waals surface area contributed by atoms with E-state index in [1.54, 1.807) is 37.4 Å². The fourth-order valence-corrected chi connectivity index (χ4v) is 4.84. The fourth-order valence-electron chi connectivity index (χ4n) is 3.17. The molecule has 0 aliphatic rings. The first-order valence-electron chi connectivity index (χ1n) is 10.1. The number of sulfonamides is 1. The van der Waals surface area contributed by atoms with Gasteiger partial charge in [-0.05, 0) is 47.5 Å². The number of halogens is 1. The van der Waals surface area contributed by atoms with Gasteiger partial charge >= 0.3 is 0 Å². The van der Waals surface area contributed by atoms with Gasteiger partial charge in [-0.3, -0.25) is 4.79 Å². The summed E-state index contributed by atoms with van der Waals surface area (Å²) in [6, 6.07) is 20.7. The molecule has 0 spiro atoms. The molecule has 0 fully saturated rings. The highest BCUT2D eigenvalue weighted by Gasteiger charge is 2.26. The summed E-state index contributed by atoms with van der Waals surface area (Å²) in [4.78, 5) is 12.9. The summed E-state index contributed by atoms with van der Waals surface area (Å²) in [7, 11) is -0.798. The lowest BCUT2D eigenvalue weighted by molar-refractivity contribution is -0.121. The predicted octanol–water partition coefficient (Wildman–Crippen LogP) is 3.97. The smallest absolute Gasteiger partial charge is 0.243 e. The number of carbonyl (C=O) groups is 1. The molecule has 1 amide bonds. The van der Waals surface area contributed by atoms with Crippen LogP contribution in [0.4, 0.5) is 0 Å². The first-order valence-corrected chi connectivity index (χ1v) is 12.3. The molecule has 3 rings (SSSR count). The second-order valence-electron chi connectivity index (χ2n) is 7.18. The van der Waals surface area contributed by atoms with Crippen molar-refractivity contribution in [2.75, 3.05) is 20.8 Å². The van der Waals surface area contributed by atoms with E-state index < -0.39 is 15.9 Å². The third kappa shape index (κ3) is 6.56. The minimum atomic E-state index is -3.88. The maximum atomic E-state index is 13.3. The van der Waals surface area contributed by atoms with Crippen molar-refractivity contribution in [3.05, 3.63) is 88.4 Å². The zero-order valence-electron chi connectivity index (χ0n) is 18.3. The van der Waals surface area contributed by atoms with Gasteiger partial charge in [0.2, 0.25) is 15.9 Å². The van der Waals surface area contributed by atoms with Crippen LogP contribution in [0.25, 0.3) is 0 Å². The number of methoxy groups -OCH3 is 2. The van der Waals surface area contributed by atoms with Crippen LogP contribution in [0.15, 0.2) is 82.2 Å². The Kier molecular flexibility index (Phi) is 8.49. The van der Waals surface area contributed by atoms with Crippen LogP contribution in [-0.2, 0) is 27.9 Å². The Morgan fingerprint density at radius 3 is 2.18 bits per heavy atom. The molecule has 9 heteroatoms. The summed E-state index contributed by atoms with van der Waals surface area (Å²) in [5, 5.41) is 2.79. The summed E-state index contributed by atoms with van der Waals surface area (Å²) in [5.74, 6) is 0.719. The van der Waals surface area contributed by atoms with Crippen LogP contribution in [-0.4, -0.2) is 39.4 Å². The van der Waals surface area contributed by atoms with Crippen LogP contribution >= 0.6 is 15.9 Å². The lowest BCUT2D eigenvalue weighted by atomic mass is 10.2. The van der Waals surface area contributed by atoms with Gasteiger partial charge in [0.25, 0.3) is 0 Å². The minimum Gasteiger partial charge on any atom is -0.493 e. The van der Waals surface area contributed by atoms with Gasteiger partial charge in [0.15, 0.2) is 11.5 Å². The third-order valence-electron chi connectivity index (χ3n) is 4.91. The van der Waals surface area contributed by atoms with Gasteiger partial charge in [0.1, 0.15) is 0 Å². The highest BCUT2D eigenvalue weighted by Crippen LogP contribution is 2.27. The molecule has 0 atom stereocenters. The standard InChI is InChI=1S/C24H25BrN2O5S/c1-31-22-13-10-19(14-23(22)32-2)15-26-24(28)17-27(16-18-8-11-20(25)12-9-18)33(29,30)21-6-4-3-5-7-21/h3-14H,15-17H2,1-2H3,(H,26,28). The molecule has 0 aliphatic heterocycles. The lowest BCUT2D eigenvalue weighted by Gasteiger charge is -2.22. The topological polar surface area (TPSA) is 84.9 Å². The molecule has 7 nitrogen and oxygen atoms in total. The van der Waals surface area contributed by atoms with E-state index in [4.69, 9.17) is 9.47 Å². The normalized spacial score (nSPS) is 11.3. The largest absolute Gasteiger partial charge is 0.493 e. The van der Waals surface area contributed by atoms with Crippen molar-refractivity contribution >= 4 is 31.9 Å². The van der Waals surface area contributed by atoms with Gasteiger partial charge in [0.05, 0.1) is 25.7 Å². The summed E-state index contributed by atoms with van der Waals surface area (Å²) in [6.45, 7) is -0.0361. The maximum Gasteiger partial charge on any atom is 0.243 e. The average molecular weight is 533 g/mol. The van der Waals surface area contributed by atoms with E-state index in [-0.39, 0.29) is 24.5 Å². The van der Waals surface area contributed by atoms with Crippen LogP contribution in [0.3, 0.4) is 0 Å². The van der Waals surface area contributed by atoms with Gasteiger partial charge in [-0.2, -0.15) is 4.31 Å². The van der Waals surface area contributed by atoms with E-state index in [2.05, 4.69) is 21.2 Å². The van der Waals surface area contributed by atoms with Crippen molar-refractivity contribution in [1.29, 1.82) is 0 Å². The number of amides is 1. The van der Waals surface area contributed by atoms with Gasteiger partial charge in [-0.15, -0.1) is 0 Å². The molecular formula is C24H25BrN2O5S. The summed E-state index contributed by atoms with van der Waals surface area (Å²) < 4.78 is 39.1. The molecule has 0 saturated heterocycles. The van der Waals surface area contributed by atoms with Gasteiger partial charge < -0.3 is 14.8 Å². The van der Waals surface area contributed by atoms with Crippen molar-refractivity contribution in [2.45, 2.75) is 18.0 Å². The number of nitrogens with zero attached hydrogens (tertiary/aromatic N) is 1. The van der Waals surface area contributed by atoms with E-state index in [0.717, 1.165) is 15.6 Å². The Bertz CT molecular complexity index is 1190. The van der Waals surface area contributed by atoms with Crippen LogP contribution in [0.5, 0.6) is 11.5 Å². The van der Waals surface area contributed by atoms with Crippen LogP contribution in [0.1, 0.15) is 11.1 Å². The summed E-state index contributed by atoms with van der Waals surface area (Å²) >= 11 is 3.38. The van der Waals surface area contributed by atoms with Gasteiger partial charge in [-0.1, -0.05) is 52.3 Å². The number of hydrogen-bond donors (Lipinski definition) is 1. The van der Waals surface area contributed by atoms with Crippen LogP contribution in [0, 0.1) is 0 Å². The van der Waals surface area contributed by atoms with Crippen molar-refractivity contribution < 1.29 is 22.7 Å². The molecule has 0 aromatic heterocycles. The molecular weight excluding hydrogens is 508 g/mol. The second-order valence-corrected chi connectivity index (χ2v) is 10.0. The highest BCUT2D eigenvalue weighted by molar-refractivity contribution is 9.10. The Morgan fingerprint density at radius 1 is 0.909 bits per heavy atom. The molecule has 0 saturated carbocycles. The quantitative estimate of drug-likeness (QED) is 0.427. The first-order chi connectivity index (χ1) is 15.8. The van der Waals surface area contributed by atoms with Crippen molar-refractivity contribution in [2.24, 2.45) is 0 Å². The van der Waals surface area contributed by atoms with Crippen molar-refractivity contribution in [3.63, 3.8) is 0 Å². The van der Waals surface area contributed by atoms with Crippen LogP contribution in [0.2, 0.25) is 0 Å². The molecule has 3 aromatic carbocycles. The zero-order chi connectivity index (χ0) is 23.8. The fraction of sp³-hybridized carbons (Fsp3) is 0.208. The molecule has 0 aliphatic carbocycles. The molecule has 1 N–H and O–H groups in total. The maximum absolute atomic E-state index is 13.3. The molecule has 0 heterocycles. The van der Waals surface area contributed by atoms with Crippen molar-refractivity contribution in [1.82, 2.24) is 9.62 Å². The minimum absolute atomic E-state index is 0.0638. The Balaban J connectivity index is 1.76. The predicted molar refractivity (Wildman–Crippen MR) is 130 cm³/mol. The molecule has 33 heavy (non-hydrogen) atoms. The van der Waals surface area contributed by atoms with E-state index in [1.807, 2.05) is 30.3 Å². The monoisotopic (exact) mass is 532 g/mol. The number of nitrogens with one attached hydrogen (secondary N) is 1. The van der Waals surface area contributed by atoms with E-state index in [9.17, 15) is 13.2 Å². The second kappa shape index (κ2) is 11.3. The summed E-state index contributed by atoms with van der Waals surface area (Å²) in [6.07, 6.45) is 0. The highest BCUT2D eigenvalue weighted by atomic mass is 79.9. The average Bonchev–Trinajstić information content (AvgIpc) is 2.84.